The fraction of sp³-hybridized carbons (Fsp3) is 0.273. The van der Waals surface area contributed by atoms with Crippen molar-refractivity contribution in [2.24, 2.45) is 5.73 Å². The maximum Gasteiger partial charge on any atom is 0.411 e. The van der Waals surface area contributed by atoms with Gasteiger partial charge in [-0.05, 0) is 48.0 Å². The van der Waals surface area contributed by atoms with Gasteiger partial charge in [0.05, 0.1) is 11.8 Å². The fourth-order valence-electron chi connectivity index (χ4n) is 1.12. The Hall–Kier alpha value is -1.14. The maximum absolute atomic E-state index is 11.4. The normalized spacial score (nSPS) is 10.1. The van der Waals surface area contributed by atoms with Crippen LogP contribution >= 0.6 is 28.1 Å². The van der Waals surface area contributed by atoms with Gasteiger partial charge in [0.15, 0.2) is 0 Å². The molecule has 3 N–H and O–H groups in total. The number of nitrogens with one attached hydrogen (secondary N) is 1. The number of amides is 1. The summed E-state index contributed by atoms with van der Waals surface area (Å²) in [7, 11) is 0. The lowest BCUT2D eigenvalue weighted by atomic mass is 10.2. The van der Waals surface area contributed by atoms with Crippen LogP contribution in [0.2, 0.25) is 0 Å². The molecule has 0 spiro atoms. The van der Waals surface area contributed by atoms with Crippen molar-refractivity contribution < 1.29 is 9.53 Å². The van der Waals surface area contributed by atoms with Gasteiger partial charge in [-0.25, -0.2) is 4.79 Å². The molecule has 0 saturated carbocycles. The minimum absolute atomic E-state index is 0.162. The zero-order valence-corrected chi connectivity index (χ0v) is 11.9. The highest BCUT2D eigenvalue weighted by Crippen LogP contribution is 2.23. The number of rotatable bonds is 3. The lowest BCUT2D eigenvalue weighted by Crippen LogP contribution is -2.18. The minimum Gasteiger partial charge on any atom is -0.447 e. The number of hydrogen-bond acceptors (Lipinski definition) is 3. The van der Waals surface area contributed by atoms with Gasteiger partial charge in [0.1, 0.15) is 4.99 Å². The van der Waals surface area contributed by atoms with Gasteiger partial charge in [-0.2, -0.15) is 0 Å². The molecule has 1 aromatic rings. The number of carbonyl (C=O) groups is 1. The molecule has 0 aliphatic carbocycles. The third-order valence-corrected chi connectivity index (χ3v) is 2.72. The zero-order chi connectivity index (χ0) is 13.0. The van der Waals surface area contributed by atoms with Gasteiger partial charge in [-0.1, -0.05) is 12.2 Å². The average molecular weight is 317 g/mol. The summed E-state index contributed by atoms with van der Waals surface area (Å²) in [5.74, 6) is 0. The number of halogens is 1. The Kier molecular flexibility index (Phi) is 4.89. The number of carbonyl (C=O) groups excluding carboxylic acids is 1. The van der Waals surface area contributed by atoms with Crippen LogP contribution in [0.1, 0.15) is 19.4 Å². The van der Waals surface area contributed by atoms with Crippen molar-refractivity contribution in [1.82, 2.24) is 0 Å². The first-order chi connectivity index (χ1) is 7.90. The molecule has 1 rings (SSSR count). The molecule has 0 fully saturated rings. The fourth-order valence-corrected chi connectivity index (χ4v) is 1.73. The molecule has 17 heavy (non-hydrogen) atoms. The summed E-state index contributed by atoms with van der Waals surface area (Å²) < 4.78 is 5.66. The zero-order valence-electron chi connectivity index (χ0n) is 9.49. The molecular formula is C11H13BrN2O2S. The van der Waals surface area contributed by atoms with Gasteiger partial charge in [0, 0.05) is 10.0 Å². The van der Waals surface area contributed by atoms with E-state index in [1.165, 1.54) is 0 Å². The molecule has 4 nitrogen and oxygen atoms in total. The SMILES string of the molecule is CC(C)OC(=O)Nc1ccc(C(N)=S)cc1Br. The van der Waals surface area contributed by atoms with E-state index in [4.69, 9.17) is 22.7 Å². The van der Waals surface area contributed by atoms with Gasteiger partial charge in [0.25, 0.3) is 0 Å². The largest absolute Gasteiger partial charge is 0.447 e. The van der Waals surface area contributed by atoms with E-state index in [-0.39, 0.29) is 6.10 Å². The van der Waals surface area contributed by atoms with E-state index in [0.29, 0.717) is 15.1 Å². The summed E-state index contributed by atoms with van der Waals surface area (Å²) in [6.45, 7) is 3.56. The van der Waals surface area contributed by atoms with Gasteiger partial charge in [0.2, 0.25) is 0 Å². The second-order valence-electron chi connectivity index (χ2n) is 3.64. The molecule has 0 radical (unpaired) electrons. The lowest BCUT2D eigenvalue weighted by molar-refractivity contribution is 0.130. The molecule has 0 aromatic heterocycles. The Labute approximate surface area is 114 Å². The van der Waals surface area contributed by atoms with E-state index >= 15 is 0 Å². The molecule has 1 amide bonds. The Balaban J connectivity index is 2.79. The third-order valence-electron chi connectivity index (χ3n) is 1.83. The molecule has 0 unspecified atom stereocenters. The highest BCUT2D eigenvalue weighted by atomic mass is 79.9. The molecule has 0 aliphatic heterocycles. The van der Waals surface area contributed by atoms with Crippen molar-refractivity contribution in [2.75, 3.05) is 5.32 Å². The highest BCUT2D eigenvalue weighted by molar-refractivity contribution is 9.10. The number of nitrogens with two attached hydrogens (primary N) is 1. The van der Waals surface area contributed by atoms with Crippen LogP contribution in [0.5, 0.6) is 0 Å². The average Bonchev–Trinajstić information content (AvgIpc) is 2.19. The molecule has 6 heteroatoms. The van der Waals surface area contributed by atoms with Crippen molar-refractivity contribution in [3.8, 4) is 0 Å². The molecular weight excluding hydrogens is 304 g/mol. The van der Waals surface area contributed by atoms with E-state index in [0.717, 1.165) is 5.56 Å². The minimum atomic E-state index is -0.497. The number of benzene rings is 1. The van der Waals surface area contributed by atoms with Crippen LogP contribution in [-0.4, -0.2) is 17.2 Å². The van der Waals surface area contributed by atoms with Gasteiger partial charge < -0.3 is 10.5 Å². The van der Waals surface area contributed by atoms with Crippen molar-refractivity contribution in [3.05, 3.63) is 28.2 Å². The first-order valence-electron chi connectivity index (χ1n) is 4.97. The smallest absolute Gasteiger partial charge is 0.411 e. The molecule has 92 valence electrons. The summed E-state index contributed by atoms with van der Waals surface area (Å²) >= 11 is 8.18. The van der Waals surface area contributed by atoms with Crippen LogP contribution < -0.4 is 11.1 Å². The van der Waals surface area contributed by atoms with Crippen LogP contribution in [-0.2, 0) is 4.74 Å². The van der Waals surface area contributed by atoms with Gasteiger partial charge in [-0.3, -0.25) is 5.32 Å². The number of hydrogen-bond donors (Lipinski definition) is 2. The quantitative estimate of drug-likeness (QED) is 0.841. The highest BCUT2D eigenvalue weighted by Gasteiger charge is 2.09. The van der Waals surface area contributed by atoms with Crippen LogP contribution in [0, 0.1) is 0 Å². The van der Waals surface area contributed by atoms with Crippen LogP contribution in [0.4, 0.5) is 10.5 Å². The monoisotopic (exact) mass is 316 g/mol. The first kappa shape index (κ1) is 13.9. The molecule has 0 atom stereocenters. The standard InChI is InChI=1S/C11H13BrN2O2S/c1-6(2)16-11(15)14-9-4-3-7(10(13)17)5-8(9)12/h3-6H,1-2H3,(H2,13,17)(H,14,15). The van der Waals surface area contributed by atoms with E-state index < -0.39 is 6.09 Å². The van der Waals surface area contributed by atoms with E-state index in [9.17, 15) is 4.79 Å². The maximum atomic E-state index is 11.4. The second kappa shape index (κ2) is 5.97. The first-order valence-corrected chi connectivity index (χ1v) is 6.17. The number of thiocarbonyl (C=S) groups is 1. The third kappa shape index (κ3) is 4.32. The topological polar surface area (TPSA) is 64.3 Å². The van der Waals surface area contributed by atoms with Gasteiger partial charge >= 0.3 is 6.09 Å². The summed E-state index contributed by atoms with van der Waals surface area (Å²) in [4.78, 5) is 11.7. The van der Waals surface area contributed by atoms with Crippen molar-refractivity contribution in [3.63, 3.8) is 0 Å². The Morgan fingerprint density at radius 1 is 1.53 bits per heavy atom. The summed E-state index contributed by atoms with van der Waals surface area (Å²) in [5.41, 5.74) is 6.84. The Bertz CT molecular complexity index is 449. The predicted octanol–water partition coefficient (Wildman–Crippen LogP) is 3.04. The molecule has 0 heterocycles. The number of ether oxygens (including phenoxy) is 1. The molecule has 0 bridgehead atoms. The molecule has 0 saturated heterocycles. The lowest BCUT2D eigenvalue weighted by Gasteiger charge is -2.11. The second-order valence-corrected chi connectivity index (χ2v) is 4.93. The predicted molar refractivity (Wildman–Crippen MR) is 75.3 cm³/mol. The van der Waals surface area contributed by atoms with Crippen molar-refractivity contribution in [2.45, 2.75) is 20.0 Å². The van der Waals surface area contributed by atoms with Gasteiger partial charge in [-0.15, -0.1) is 0 Å². The van der Waals surface area contributed by atoms with Crippen molar-refractivity contribution >= 4 is 44.9 Å². The molecule has 0 aliphatic rings. The van der Waals surface area contributed by atoms with Crippen LogP contribution in [0.25, 0.3) is 0 Å². The van der Waals surface area contributed by atoms with Crippen molar-refractivity contribution in [1.29, 1.82) is 0 Å². The molecule has 1 aromatic carbocycles. The van der Waals surface area contributed by atoms with Crippen LogP contribution in [0.3, 0.4) is 0 Å². The summed E-state index contributed by atoms with van der Waals surface area (Å²) in [6, 6.07) is 5.19. The van der Waals surface area contributed by atoms with Crippen LogP contribution in [0.15, 0.2) is 22.7 Å². The Morgan fingerprint density at radius 2 is 2.18 bits per heavy atom. The number of anilines is 1. The van der Waals surface area contributed by atoms with E-state index in [2.05, 4.69) is 21.2 Å². The summed E-state index contributed by atoms with van der Waals surface area (Å²) in [5, 5.41) is 2.62. The summed E-state index contributed by atoms with van der Waals surface area (Å²) in [6.07, 6.45) is -0.659. The van der Waals surface area contributed by atoms with E-state index in [1.807, 2.05) is 0 Å². The Morgan fingerprint density at radius 3 is 2.65 bits per heavy atom. The van der Waals surface area contributed by atoms with E-state index in [1.54, 1.807) is 32.0 Å².